The topological polar surface area (TPSA) is 21.9 Å². The highest BCUT2D eigenvalue weighted by Crippen LogP contribution is 2.31. The standard InChI is InChI=1S/C16H17N/c1-12-7-9-13(10-8-12)11-15-16(17-15)14-5-3-2-4-6-14/h2-10,15-17H,11H2,1H3/t15-,16-/m1/s1. The largest absolute Gasteiger partial charge is 0.304 e. The smallest absolute Gasteiger partial charge is 0.0482 e. The maximum absolute atomic E-state index is 3.55. The van der Waals surface area contributed by atoms with Gasteiger partial charge in [-0.2, -0.15) is 0 Å². The van der Waals surface area contributed by atoms with E-state index in [1.807, 2.05) is 0 Å². The van der Waals surface area contributed by atoms with Gasteiger partial charge in [0.05, 0.1) is 0 Å². The molecular weight excluding hydrogens is 206 g/mol. The van der Waals surface area contributed by atoms with Gasteiger partial charge in [0.1, 0.15) is 0 Å². The minimum absolute atomic E-state index is 0.553. The Morgan fingerprint density at radius 2 is 1.65 bits per heavy atom. The van der Waals surface area contributed by atoms with Crippen LogP contribution in [0, 0.1) is 6.92 Å². The van der Waals surface area contributed by atoms with Crippen LogP contribution < -0.4 is 5.32 Å². The van der Waals surface area contributed by atoms with Crippen LogP contribution in [-0.4, -0.2) is 6.04 Å². The van der Waals surface area contributed by atoms with Crippen molar-refractivity contribution in [2.75, 3.05) is 0 Å². The SMILES string of the molecule is Cc1ccc(C[C@H]2N[C@@H]2c2ccccc2)cc1. The van der Waals surface area contributed by atoms with Crippen LogP contribution in [0.25, 0.3) is 0 Å². The Bertz CT molecular complexity index is 487. The molecule has 1 aliphatic rings. The molecule has 2 aromatic rings. The second-order valence-corrected chi connectivity index (χ2v) is 4.85. The molecule has 17 heavy (non-hydrogen) atoms. The van der Waals surface area contributed by atoms with Gasteiger partial charge in [-0.05, 0) is 24.5 Å². The molecule has 2 aromatic carbocycles. The van der Waals surface area contributed by atoms with Crippen molar-refractivity contribution in [3.05, 3.63) is 71.3 Å². The first-order chi connectivity index (χ1) is 8.33. The molecule has 0 bridgehead atoms. The van der Waals surface area contributed by atoms with Crippen molar-refractivity contribution in [2.45, 2.75) is 25.4 Å². The minimum Gasteiger partial charge on any atom is -0.304 e. The third-order valence-corrected chi connectivity index (χ3v) is 3.42. The number of hydrogen-bond acceptors (Lipinski definition) is 1. The van der Waals surface area contributed by atoms with Crippen molar-refractivity contribution >= 4 is 0 Å². The minimum atomic E-state index is 0.553. The average Bonchev–Trinajstić information content (AvgIpc) is 3.13. The van der Waals surface area contributed by atoms with Gasteiger partial charge >= 0.3 is 0 Å². The molecule has 0 unspecified atom stereocenters. The highest BCUT2D eigenvalue weighted by molar-refractivity contribution is 5.29. The van der Waals surface area contributed by atoms with Gasteiger partial charge in [0.25, 0.3) is 0 Å². The molecule has 1 nitrogen and oxygen atoms in total. The van der Waals surface area contributed by atoms with Crippen molar-refractivity contribution in [1.29, 1.82) is 0 Å². The normalized spacial score (nSPS) is 22.4. The van der Waals surface area contributed by atoms with Crippen LogP contribution in [0.2, 0.25) is 0 Å². The van der Waals surface area contributed by atoms with Gasteiger partial charge in [0.15, 0.2) is 0 Å². The first-order valence-electron chi connectivity index (χ1n) is 6.19. The van der Waals surface area contributed by atoms with E-state index < -0.39 is 0 Å². The summed E-state index contributed by atoms with van der Waals surface area (Å²) < 4.78 is 0. The summed E-state index contributed by atoms with van der Waals surface area (Å²) in [7, 11) is 0. The zero-order valence-corrected chi connectivity index (χ0v) is 10.1. The summed E-state index contributed by atoms with van der Waals surface area (Å²) in [5.41, 5.74) is 4.16. The molecule has 0 aliphatic carbocycles. The lowest BCUT2D eigenvalue weighted by Gasteiger charge is -2.00. The summed E-state index contributed by atoms with van der Waals surface area (Å²) in [6.45, 7) is 2.13. The molecule has 1 aliphatic heterocycles. The zero-order valence-electron chi connectivity index (χ0n) is 10.1. The Hall–Kier alpha value is -1.60. The second kappa shape index (κ2) is 4.34. The Morgan fingerprint density at radius 1 is 0.941 bits per heavy atom. The van der Waals surface area contributed by atoms with Gasteiger partial charge in [-0.15, -0.1) is 0 Å². The fraction of sp³-hybridized carbons (Fsp3) is 0.250. The molecule has 1 heterocycles. The van der Waals surface area contributed by atoms with E-state index in [0.717, 1.165) is 6.42 Å². The van der Waals surface area contributed by atoms with Crippen LogP contribution in [0.5, 0.6) is 0 Å². The summed E-state index contributed by atoms with van der Waals surface area (Å²) in [5, 5.41) is 3.55. The summed E-state index contributed by atoms with van der Waals surface area (Å²) in [6.07, 6.45) is 1.12. The number of benzene rings is 2. The van der Waals surface area contributed by atoms with Crippen molar-refractivity contribution < 1.29 is 0 Å². The van der Waals surface area contributed by atoms with E-state index >= 15 is 0 Å². The molecule has 2 atom stereocenters. The van der Waals surface area contributed by atoms with E-state index in [-0.39, 0.29) is 0 Å². The van der Waals surface area contributed by atoms with Gasteiger partial charge in [-0.25, -0.2) is 0 Å². The van der Waals surface area contributed by atoms with E-state index in [1.165, 1.54) is 16.7 Å². The third kappa shape index (κ3) is 2.40. The predicted octanol–water partition coefficient (Wildman–Crippen LogP) is 3.25. The maximum Gasteiger partial charge on any atom is 0.0482 e. The van der Waals surface area contributed by atoms with Gasteiger partial charge in [0, 0.05) is 12.1 Å². The highest BCUT2D eigenvalue weighted by Gasteiger charge is 2.36. The van der Waals surface area contributed by atoms with Crippen molar-refractivity contribution in [3.8, 4) is 0 Å². The highest BCUT2D eigenvalue weighted by atomic mass is 15.1. The molecule has 86 valence electrons. The lowest BCUT2D eigenvalue weighted by molar-refractivity contribution is 0.901. The third-order valence-electron chi connectivity index (χ3n) is 3.42. The zero-order chi connectivity index (χ0) is 11.7. The Balaban J connectivity index is 1.64. The molecule has 1 fully saturated rings. The lowest BCUT2D eigenvalue weighted by Crippen LogP contribution is -1.96. The van der Waals surface area contributed by atoms with E-state index in [2.05, 4.69) is 66.8 Å². The molecule has 0 spiro atoms. The quantitative estimate of drug-likeness (QED) is 0.793. The number of aryl methyl sites for hydroxylation is 1. The van der Waals surface area contributed by atoms with Gasteiger partial charge < -0.3 is 5.32 Å². The monoisotopic (exact) mass is 223 g/mol. The molecule has 0 amide bonds. The molecule has 0 saturated carbocycles. The fourth-order valence-electron chi connectivity index (χ4n) is 2.32. The predicted molar refractivity (Wildman–Crippen MR) is 71.0 cm³/mol. The molecular formula is C16H17N. The summed E-state index contributed by atoms with van der Waals surface area (Å²) in [6, 6.07) is 20.7. The molecule has 1 saturated heterocycles. The van der Waals surface area contributed by atoms with Crippen LogP contribution in [-0.2, 0) is 6.42 Å². The van der Waals surface area contributed by atoms with Gasteiger partial charge in [-0.1, -0.05) is 60.2 Å². The van der Waals surface area contributed by atoms with E-state index in [4.69, 9.17) is 0 Å². The Morgan fingerprint density at radius 3 is 2.35 bits per heavy atom. The Labute approximate surface area is 102 Å². The van der Waals surface area contributed by atoms with Gasteiger partial charge in [-0.3, -0.25) is 0 Å². The van der Waals surface area contributed by atoms with E-state index in [9.17, 15) is 0 Å². The molecule has 1 N–H and O–H groups in total. The van der Waals surface area contributed by atoms with Crippen molar-refractivity contribution in [2.24, 2.45) is 0 Å². The Kier molecular flexibility index (Phi) is 2.69. The number of hydrogen-bond donors (Lipinski definition) is 1. The molecule has 3 rings (SSSR count). The summed E-state index contributed by atoms with van der Waals surface area (Å²) in [5.74, 6) is 0. The van der Waals surface area contributed by atoms with Crippen molar-refractivity contribution in [1.82, 2.24) is 5.32 Å². The first kappa shape index (κ1) is 10.5. The maximum atomic E-state index is 3.55. The number of nitrogens with one attached hydrogen (secondary N) is 1. The van der Waals surface area contributed by atoms with Crippen LogP contribution in [0.4, 0.5) is 0 Å². The molecule has 0 aromatic heterocycles. The summed E-state index contributed by atoms with van der Waals surface area (Å²) in [4.78, 5) is 0. The fourth-order valence-corrected chi connectivity index (χ4v) is 2.32. The molecule has 0 radical (unpaired) electrons. The van der Waals surface area contributed by atoms with E-state index in [1.54, 1.807) is 0 Å². The second-order valence-electron chi connectivity index (χ2n) is 4.85. The summed E-state index contributed by atoms with van der Waals surface area (Å²) >= 11 is 0. The van der Waals surface area contributed by atoms with Crippen molar-refractivity contribution in [3.63, 3.8) is 0 Å². The first-order valence-corrected chi connectivity index (χ1v) is 6.19. The lowest BCUT2D eigenvalue weighted by atomic mass is 10.0. The molecule has 1 heteroatoms. The van der Waals surface area contributed by atoms with Crippen LogP contribution in [0.1, 0.15) is 22.7 Å². The van der Waals surface area contributed by atoms with Crippen LogP contribution >= 0.6 is 0 Å². The number of rotatable bonds is 3. The van der Waals surface area contributed by atoms with Crippen LogP contribution in [0.15, 0.2) is 54.6 Å². The average molecular weight is 223 g/mol. The van der Waals surface area contributed by atoms with Crippen LogP contribution in [0.3, 0.4) is 0 Å². The van der Waals surface area contributed by atoms with E-state index in [0.29, 0.717) is 12.1 Å². The van der Waals surface area contributed by atoms with Gasteiger partial charge in [0.2, 0.25) is 0 Å².